The van der Waals surface area contributed by atoms with Gasteiger partial charge in [-0.25, -0.2) is 0 Å². The molecule has 0 spiro atoms. The Labute approximate surface area is 139 Å². The molecule has 24 heavy (non-hydrogen) atoms. The Hall–Kier alpha value is -1.84. The Balaban J connectivity index is 0.000000441. The molecular weight excluding hydrogens is 320 g/mol. The molecule has 0 fully saturated rings. The van der Waals surface area contributed by atoms with E-state index < -0.39 is 43.3 Å². The number of hydrogen-bond acceptors (Lipinski definition) is 7. The summed E-state index contributed by atoms with van der Waals surface area (Å²) in [7, 11) is 0. The highest BCUT2D eigenvalue weighted by molar-refractivity contribution is 5.84. The maximum atomic E-state index is 10.5. The van der Waals surface area contributed by atoms with Crippen LogP contribution in [0.3, 0.4) is 0 Å². The predicted octanol–water partition coefficient (Wildman–Crippen LogP) is -1.28. The number of hydrogen-bond donors (Lipinski definition) is 6. The van der Waals surface area contributed by atoms with E-state index in [0.29, 0.717) is 0 Å². The Kier molecular flexibility index (Phi) is 11.6. The first-order valence-electron chi connectivity index (χ1n) is 7.37. The van der Waals surface area contributed by atoms with Crippen LogP contribution >= 0.6 is 0 Å². The maximum absolute atomic E-state index is 10.5. The van der Waals surface area contributed by atoms with E-state index >= 15 is 0 Å². The van der Waals surface area contributed by atoms with Gasteiger partial charge in [-0.3, -0.25) is 9.59 Å². The van der Waals surface area contributed by atoms with Crippen LogP contribution in [0.2, 0.25) is 0 Å². The van der Waals surface area contributed by atoms with Crippen molar-refractivity contribution in [1.82, 2.24) is 0 Å². The number of aryl methyl sites for hydroxylation is 1. The number of carbonyl (C=O) groups excluding carboxylic acids is 1. The molecule has 0 aromatic heterocycles. The van der Waals surface area contributed by atoms with Gasteiger partial charge in [0.2, 0.25) is 0 Å². The minimum absolute atomic E-state index is 0.259. The lowest BCUT2D eigenvalue weighted by Crippen LogP contribution is -2.44. The van der Waals surface area contributed by atoms with Gasteiger partial charge in [-0.1, -0.05) is 30.3 Å². The van der Waals surface area contributed by atoms with Gasteiger partial charge in [0.25, 0.3) is 0 Å². The first-order valence-corrected chi connectivity index (χ1v) is 7.37. The van der Waals surface area contributed by atoms with Crippen molar-refractivity contribution in [2.24, 2.45) is 0 Å². The van der Waals surface area contributed by atoms with E-state index in [9.17, 15) is 9.59 Å². The maximum Gasteiger partial charge on any atom is 0.303 e. The van der Waals surface area contributed by atoms with E-state index in [0.717, 1.165) is 12.8 Å². The zero-order chi connectivity index (χ0) is 18.5. The third-order valence-corrected chi connectivity index (χ3v) is 3.09. The van der Waals surface area contributed by atoms with Crippen molar-refractivity contribution in [1.29, 1.82) is 0 Å². The lowest BCUT2D eigenvalue weighted by Gasteiger charge is -2.19. The van der Waals surface area contributed by atoms with Crippen LogP contribution in [0.4, 0.5) is 0 Å². The smallest absolute Gasteiger partial charge is 0.303 e. The number of aliphatic hydroxyl groups excluding tert-OH is 5. The molecule has 0 aliphatic heterocycles. The predicted molar refractivity (Wildman–Crippen MR) is 84.2 cm³/mol. The number of carboxylic acid groups (broad SMARTS) is 1. The highest BCUT2D eigenvalue weighted by atomic mass is 16.4. The second-order valence-corrected chi connectivity index (χ2v) is 5.04. The highest BCUT2D eigenvalue weighted by Gasteiger charge is 2.28. The normalized spacial score (nSPS) is 14.0. The Bertz CT molecular complexity index is 476. The third kappa shape index (κ3) is 9.33. The van der Waals surface area contributed by atoms with Gasteiger partial charge in [0, 0.05) is 6.42 Å². The van der Waals surface area contributed by atoms with Crippen molar-refractivity contribution in [2.75, 3.05) is 13.2 Å². The molecular formula is C16H24O8. The molecule has 0 aliphatic carbocycles. The van der Waals surface area contributed by atoms with Crippen LogP contribution in [0, 0.1) is 0 Å². The molecule has 0 amide bonds. The number of rotatable bonds is 9. The topological polar surface area (TPSA) is 156 Å². The standard InChI is InChI=1S/C10H12O2.C6H12O6/c11-10(12)8-4-7-9-5-2-1-3-6-9;7-1-3(9)5(11)6(12)4(10)2-8/h1-3,5-6H,4,7-8H2,(H,11,12);3,5-9,11-12H,1-2H2. The van der Waals surface area contributed by atoms with Crippen LogP contribution < -0.4 is 0 Å². The Morgan fingerprint density at radius 1 is 1.00 bits per heavy atom. The molecule has 0 heterocycles. The summed E-state index contributed by atoms with van der Waals surface area (Å²) in [5, 5.41) is 51.4. The van der Waals surface area contributed by atoms with Gasteiger partial charge in [0.05, 0.1) is 6.61 Å². The molecule has 1 rings (SSSR count). The molecule has 136 valence electrons. The Morgan fingerprint density at radius 2 is 1.58 bits per heavy atom. The van der Waals surface area contributed by atoms with Gasteiger partial charge in [0.15, 0.2) is 5.78 Å². The molecule has 8 nitrogen and oxygen atoms in total. The molecule has 6 N–H and O–H groups in total. The van der Waals surface area contributed by atoms with E-state index in [1.807, 2.05) is 30.3 Å². The van der Waals surface area contributed by atoms with Crippen LogP contribution in [0.25, 0.3) is 0 Å². The number of carboxylic acids is 1. The number of ketones is 1. The SMILES string of the molecule is O=C(CO)C(O)C(O)C(O)CO.O=C(O)CCCc1ccccc1. The van der Waals surface area contributed by atoms with Gasteiger partial charge in [0.1, 0.15) is 24.9 Å². The lowest BCUT2D eigenvalue weighted by molar-refractivity contribution is -0.142. The summed E-state index contributed by atoms with van der Waals surface area (Å²) in [6.45, 7) is -1.69. The largest absolute Gasteiger partial charge is 0.481 e. The van der Waals surface area contributed by atoms with E-state index in [4.69, 9.17) is 30.6 Å². The number of Topliss-reactive ketones (excluding diaryl/α,β-unsaturated/α-hetero) is 1. The Morgan fingerprint density at radius 3 is 2.04 bits per heavy atom. The molecule has 8 heteroatoms. The number of benzene rings is 1. The molecule has 0 saturated heterocycles. The zero-order valence-corrected chi connectivity index (χ0v) is 13.2. The summed E-state index contributed by atoms with van der Waals surface area (Å²) < 4.78 is 0. The monoisotopic (exact) mass is 344 g/mol. The van der Waals surface area contributed by atoms with E-state index in [1.165, 1.54) is 5.56 Å². The molecule has 0 radical (unpaired) electrons. The van der Waals surface area contributed by atoms with Crippen LogP contribution in [0.5, 0.6) is 0 Å². The molecule has 3 atom stereocenters. The molecule has 1 aromatic carbocycles. The fourth-order valence-electron chi connectivity index (χ4n) is 1.69. The minimum Gasteiger partial charge on any atom is -0.481 e. The fourth-order valence-corrected chi connectivity index (χ4v) is 1.69. The summed E-state index contributed by atoms with van der Waals surface area (Å²) >= 11 is 0. The summed E-state index contributed by atoms with van der Waals surface area (Å²) in [6, 6.07) is 9.93. The number of aliphatic carboxylic acids is 1. The summed E-state index contributed by atoms with van der Waals surface area (Å²) in [5.41, 5.74) is 1.21. The van der Waals surface area contributed by atoms with Crippen LogP contribution in [-0.2, 0) is 16.0 Å². The fraction of sp³-hybridized carbons (Fsp3) is 0.500. The van der Waals surface area contributed by atoms with Crippen molar-refractivity contribution in [3.63, 3.8) is 0 Å². The van der Waals surface area contributed by atoms with E-state index in [-0.39, 0.29) is 6.42 Å². The second-order valence-electron chi connectivity index (χ2n) is 5.04. The highest BCUT2D eigenvalue weighted by Crippen LogP contribution is 2.04. The van der Waals surface area contributed by atoms with Crippen molar-refractivity contribution in [2.45, 2.75) is 37.6 Å². The van der Waals surface area contributed by atoms with Crippen LogP contribution in [0.1, 0.15) is 18.4 Å². The van der Waals surface area contributed by atoms with Gasteiger partial charge in [-0.15, -0.1) is 0 Å². The molecule has 1 aromatic rings. The summed E-state index contributed by atoms with van der Waals surface area (Å²) in [6.07, 6.45) is -3.39. The molecule has 0 aliphatic rings. The van der Waals surface area contributed by atoms with E-state index in [1.54, 1.807) is 0 Å². The van der Waals surface area contributed by atoms with Crippen LogP contribution in [-0.4, -0.2) is 73.9 Å². The van der Waals surface area contributed by atoms with Crippen molar-refractivity contribution >= 4 is 11.8 Å². The number of aliphatic hydroxyl groups is 5. The zero-order valence-electron chi connectivity index (χ0n) is 13.2. The van der Waals surface area contributed by atoms with E-state index in [2.05, 4.69) is 0 Å². The number of carbonyl (C=O) groups is 2. The molecule has 0 bridgehead atoms. The van der Waals surface area contributed by atoms with Crippen molar-refractivity contribution in [3.8, 4) is 0 Å². The quantitative estimate of drug-likeness (QED) is 0.323. The summed E-state index contributed by atoms with van der Waals surface area (Å²) in [4.78, 5) is 20.7. The van der Waals surface area contributed by atoms with Crippen molar-refractivity contribution < 1.29 is 40.2 Å². The van der Waals surface area contributed by atoms with Gasteiger partial charge in [-0.05, 0) is 18.4 Å². The van der Waals surface area contributed by atoms with Gasteiger partial charge >= 0.3 is 5.97 Å². The van der Waals surface area contributed by atoms with Crippen molar-refractivity contribution in [3.05, 3.63) is 35.9 Å². The molecule has 3 unspecified atom stereocenters. The first-order chi connectivity index (χ1) is 11.3. The minimum atomic E-state index is -1.86. The van der Waals surface area contributed by atoms with Crippen LogP contribution in [0.15, 0.2) is 30.3 Å². The molecule has 0 saturated carbocycles. The average molecular weight is 344 g/mol. The summed E-state index contributed by atoms with van der Waals surface area (Å²) in [5.74, 6) is -1.72. The lowest BCUT2D eigenvalue weighted by atomic mass is 10.1. The second kappa shape index (κ2) is 12.6. The van der Waals surface area contributed by atoms with Gasteiger partial charge in [-0.2, -0.15) is 0 Å². The first kappa shape index (κ1) is 22.2. The van der Waals surface area contributed by atoms with Gasteiger partial charge < -0.3 is 30.6 Å². The average Bonchev–Trinajstić information content (AvgIpc) is 2.60. The third-order valence-electron chi connectivity index (χ3n) is 3.09.